The van der Waals surface area contributed by atoms with Crippen molar-refractivity contribution in [1.29, 1.82) is 0 Å². The topological polar surface area (TPSA) is 55.2 Å². The van der Waals surface area contributed by atoms with E-state index < -0.39 is 0 Å². The second kappa shape index (κ2) is 5.39. The van der Waals surface area contributed by atoms with E-state index in [1.54, 1.807) is 30.5 Å². The first-order valence-corrected chi connectivity index (χ1v) is 8.25. The molecule has 0 fully saturated rings. The summed E-state index contributed by atoms with van der Waals surface area (Å²) < 4.78 is 1.84. The SMILES string of the molecule is O=C1c2ccccc2C(=O)N1c1cc2ccccc2n1-c1ccccn1. The summed E-state index contributed by atoms with van der Waals surface area (Å²) in [5.74, 6) is 0.521. The van der Waals surface area contributed by atoms with E-state index in [-0.39, 0.29) is 11.8 Å². The van der Waals surface area contributed by atoms with E-state index in [9.17, 15) is 9.59 Å². The largest absolute Gasteiger partial charge is 0.279 e. The summed E-state index contributed by atoms with van der Waals surface area (Å²) in [6.45, 7) is 0. The van der Waals surface area contributed by atoms with Gasteiger partial charge in [-0.25, -0.2) is 9.88 Å². The van der Waals surface area contributed by atoms with Gasteiger partial charge in [0.05, 0.1) is 16.6 Å². The zero-order valence-corrected chi connectivity index (χ0v) is 13.7. The first-order chi connectivity index (χ1) is 12.8. The lowest BCUT2D eigenvalue weighted by Crippen LogP contribution is -2.31. The molecule has 1 aliphatic rings. The number of amides is 2. The fraction of sp³-hybridized carbons (Fsp3) is 0. The molecule has 26 heavy (non-hydrogen) atoms. The van der Waals surface area contributed by atoms with Gasteiger partial charge >= 0.3 is 0 Å². The summed E-state index contributed by atoms with van der Waals surface area (Å²) in [4.78, 5) is 31.5. The van der Waals surface area contributed by atoms with Crippen LogP contribution in [0.1, 0.15) is 20.7 Å². The van der Waals surface area contributed by atoms with Crippen molar-refractivity contribution in [2.75, 3.05) is 4.90 Å². The fourth-order valence-electron chi connectivity index (χ4n) is 3.43. The van der Waals surface area contributed by atoms with Gasteiger partial charge in [-0.1, -0.05) is 36.4 Å². The van der Waals surface area contributed by atoms with Gasteiger partial charge in [0.2, 0.25) is 0 Å². The fourth-order valence-corrected chi connectivity index (χ4v) is 3.43. The predicted octanol–water partition coefficient (Wildman–Crippen LogP) is 3.83. The Morgan fingerprint density at radius 1 is 0.731 bits per heavy atom. The number of hydrogen-bond acceptors (Lipinski definition) is 3. The Balaban J connectivity index is 1.79. The normalized spacial score (nSPS) is 13.5. The summed E-state index contributed by atoms with van der Waals surface area (Å²) in [7, 11) is 0. The minimum absolute atomic E-state index is 0.314. The molecule has 0 unspecified atom stereocenters. The standard InChI is InChI=1S/C21H13N3O2/c25-20-15-8-2-3-9-16(15)21(26)24(20)19-13-14-7-1-4-10-17(14)23(19)18-11-5-6-12-22-18/h1-13H. The highest BCUT2D eigenvalue weighted by molar-refractivity contribution is 6.34. The van der Waals surface area contributed by atoms with E-state index >= 15 is 0 Å². The second-order valence-corrected chi connectivity index (χ2v) is 6.08. The number of nitrogens with zero attached hydrogens (tertiary/aromatic N) is 3. The third-order valence-corrected chi connectivity index (χ3v) is 4.59. The van der Waals surface area contributed by atoms with Crippen LogP contribution in [0, 0.1) is 0 Å². The number of carbonyl (C=O) groups excluding carboxylic acids is 2. The first kappa shape index (κ1) is 14.6. The molecule has 124 valence electrons. The van der Waals surface area contributed by atoms with Crippen LogP contribution in [0.4, 0.5) is 5.82 Å². The predicted molar refractivity (Wildman–Crippen MR) is 98.7 cm³/mol. The maximum atomic E-state index is 12.9. The van der Waals surface area contributed by atoms with Crippen molar-refractivity contribution in [2.45, 2.75) is 0 Å². The van der Waals surface area contributed by atoms with Crippen molar-refractivity contribution in [3.63, 3.8) is 0 Å². The van der Waals surface area contributed by atoms with E-state index in [2.05, 4.69) is 4.98 Å². The molecule has 2 amide bonds. The zero-order valence-electron chi connectivity index (χ0n) is 13.7. The molecule has 0 saturated carbocycles. The summed E-state index contributed by atoms with van der Waals surface area (Å²) in [6, 6.07) is 22.1. The molecule has 4 aromatic rings. The van der Waals surface area contributed by atoms with Crippen molar-refractivity contribution < 1.29 is 9.59 Å². The van der Waals surface area contributed by atoms with Gasteiger partial charge in [-0.15, -0.1) is 0 Å². The number of imide groups is 1. The maximum Gasteiger partial charge on any atom is 0.267 e. The Morgan fingerprint density at radius 2 is 1.38 bits per heavy atom. The Hall–Kier alpha value is -3.73. The smallest absolute Gasteiger partial charge is 0.267 e. The Labute approximate surface area is 149 Å². The number of carbonyl (C=O) groups is 2. The van der Waals surface area contributed by atoms with E-state index in [4.69, 9.17) is 0 Å². The van der Waals surface area contributed by atoms with Gasteiger partial charge in [-0.3, -0.25) is 14.2 Å². The molecule has 0 saturated heterocycles. The summed E-state index contributed by atoms with van der Waals surface area (Å²) in [5.41, 5.74) is 1.74. The van der Waals surface area contributed by atoms with Gasteiger partial charge in [0.15, 0.2) is 0 Å². The second-order valence-electron chi connectivity index (χ2n) is 6.08. The molecule has 5 rings (SSSR count). The molecule has 2 aromatic heterocycles. The average Bonchev–Trinajstić information content (AvgIpc) is 3.18. The van der Waals surface area contributed by atoms with Crippen molar-refractivity contribution >= 4 is 28.5 Å². The lowest BCUT2D eigenvalue weighted by molar-refractivity contribution is 0.0924. The van der Waals surface area contributed by atoms with E-state index in [0.29, 0.717) is 22.8 Å². The number of rotatable bonds is 2. The zero-order chi connectivity index (χ0) is 17.7. The van der Waals surface area contributed by atoms with Crippen LogP contribution < -0.4 is 4.90 Å². The summed E-state index contributed by atoms with van der Waals surface area (Å²) in [6.07, 6.45) is 1.69. The monoisotopic (exact) mass is 339 g/mol. The Bertz CT molecular complexity index is 1140. The summed E-state index contributed by atoms with van der Waals surface area (Å²) in [5, 5.41) is 0.935. The highest BCUT2D eigenvalue weighted by Gasteiger charge is 2.38. The van der Waals surface area contributed by atoms with Crippen LogP contribution in [0.3, 0.4) is 0 Å². The number of para-hydroxylation sites is 1. The Kier molecular flexibility index (Phi) is 3.03. The van der Waals surface area contributed by atoms with Crippen LogP contribution in [-0.4, -0.2) is 21.4 Å². The van der Waals surface area contributed by atoms with Crippen molar-refractivity contribution in [3.05, 3.63) is 90.1 Å². The van der Waals surface area contributed by atoms with Crippen molar-refractivity contribution in [3.8, 4) is 5.82 Å². The lowest BCUT2D eigenvalue weighted by Gasteiger charge is -2.17. The van der Waals surface area contributed by atoms with Gasteiger partial charge in [0, 0.05) is 11.6 Å². The minimum atomic E-state index is -0.314. The average molecular weight is 339 g/mol. The molecule has 0 bridgehead atoms. The van der Waals surface area contributed by atoms with Crippen LogP contribution in [0.5, 0.6) is 0 Å². The van der Waals surface area contributed by atoms with Crippen LogP contribution in [0.15, 0.2) is 79.0 Å². The number of hydrogen-bond donors (Lipinski definition) is 0. The van der Waals surface area contributed by atoms with E-state index in [1.165, 1.54) is 4.90 Å². The molecule has 0 N–H and O–H groups in total. The van der Waals surface area contributed by atoms with Gasteiger partial charge < -0.3 is 0 Å². The number of fused-ring (bicyclic) bond motifs is 2. The molecule has 0 aliphatic carbocycles. The van der Waals surface area contributed by atoms with E-state index in [0.717, 1.165) is 10.9 Å². The van der Waals surface area contributed by atoms with Gasteiger partial charge in [0.1, 0.15) is 11.6 Å². The van der Waals surface area contributed by atoms with Gasteiger partial charge in [-0.05, 0) is 36.4 Å². The highest BCUT2D eigenvalue weighted by Crippen LogP contribution is 2.34. The molecule has 0 radical (unpaired) electrons. The van der Waals surface area contributed by atoms with Crippen LogP contribution in [0.2, 0.25) is 0 Å². The highest BCUT2D eigenvalue weighted by atomic mass is 16.2. The molecule has 2 aromatic carbocycles. The van der Waals surface area contributed by atoms with Crippen LogP contribution >= 0.6 is 0 Å². The first-order valence-electron chi connectivity index (χ1n) is 8.25. The van der Waals surface area contributed by atoms with Crippen molar-refractivity contribution in [1.82, 2.24) is 9.55 Å². The van der Waals surface area contributed by atoms with Crippen LogP contribution in [0.25, 0.3) is 16.7 Å². The molecule has 0 spiro atoms. The minimum Gasteiger partial charge on any atom is -0.279 e. The van der Waals surface area contributed by atoms with Crippen molar-refractivity contribution in [2.24, 2.45) is 0 Å². The molecule has 1 aliphatic heterocycles. The van der Waals surface area contributed by atoms with Crippen LogP contribution in [-0.2, 0) is 0 Å². The lowest BCUT2D eigenvalue weighted by atomic mass is 10.1. The van der Waals surface area contributed by atoms with Gasteiger partial charge in [0.25, 0.3) is 11.8 Å². The number of aromatic nitrogens is 2. The number of anilines is 1. The third-order valence-electron chi connectivity index (χ3n) is 4.59. The molecule has 5 heteroatoms. The Morgan fingerprint density at radius 3 is 2.08 bits per heavy atom. The summed E-state index contributed by atoms with van der Waals surface area (Å²) >= 11 is 0. The molecular weight excluding hydrogens is 326 g/mol. The molecular formula is C21H13N3O2. The molecule has 3 heterocycles. The van der Waals surface area contributed by atoms with E-state index in [1.807, 2.05) is 53.1 Å². The maximum absolute atomic E-state index is 12.9. The third kappa shape index (κ3) is 1.94. The number of benzene rings is 2. The molecule has 5 nitrogen and oxygen atoms in total. The number of pyridine rings is 1. The quantitative estimate of drug-likeness (QED) is 0.522. The molecule has 0 atom stereocenters. The van der Waals surface area contributed by atoms with Gasteiger partial charge in [-0.2, -0.15) is 0 Å².